The van der Waals surface area contributed by atoms with Crippen LogP contribution >= 0.6 is 0 Å². The number of rotatable bonds is 3. The summed E-state index contributed by atoms with van der Waals surface area (Å²) in [6.07, 6.45) is 7.27. The van der Waals surface area contributed by atoms with E-state index in [1.54, 1.807) is 12.4 Å². The lowest BCUT2D eigenvalue weighted by molar-refractivity contribution is -0.115. The van der Waals surface area contributed by atoms with Gasteiger partial charge in [0.2, 0.25) is 0 Å². The van der Waals surface area contributed by atoms with Gasteiger partial charge in [0.15, 0.2) is 17.3 Å². The molecular formula is C21H25FN8O2. The number of nitrogens with one attached hydrogen (secondary N) is 1. The summed E-state index contributed by atoms with van der Waals surface area (Å²) in [5, 5.41) is 6.88. The molecule has 0 radical (unpaired) electrons. The minimum Gasteiger partial charge on any atom is -0.381 e. The SMILES string of the molecule is CN1CCOC2(CCN(c3ccncc3NC(=O)c3c(N)nn4cc(F)cnc34)CC2)C1. The molecule has 2 aliphatic heterocycles. The van der Waals surface area contributed by atoms with Crippen LogP contribution in [0.2, 0.25) is 0 Å². The summed E-state index contributed by atoms with van der Waals surface area (Å²) < 4.78 is 20.8. The standard InChI is InChI=1S/C21H25FN8O2/c1-28-8-9-32-21(13-28)3-6-29(7-4-21)16-2-5-24-11-15(16)26-20(31)17-18(23)27-30-12-14(22)10-25-19(17)30/h2,5,10-12H,3-4,6-9,13H2,1H3,(H2,23,27)(H,26,31). The first kappa shape index (κ1) is 20.6. The van der Waals surface area contributed by atoms with E-state index in [0.29, 0.717) is 5.69 Å². The first-order valence-electron chi connectivity index (χ1n) is 10.6. The van der Waals surface area contributed by atoms with Gasteiger partial charge in [-0.1, -0.05) is 0 Å². The van der Waals surface area contributed by atoms with Gasteiger partial charge >= 0.3 is 0 Å². The van der Waals surface area contributed by atoms with E-state index < -0.39 is 11.7 Å². The summed E-state index contributed by atoms with van der Waals surface area (Å²) in [5.41, 5.74) is 7.55. The Morgan fingerprint density at radius 2 is 2.09 bits per heavy atom. The van der Waals surface area contributed by atoms with Gasteiger partial charge in [0, 0.05) is 32.4 Å². The summed E-state index contributed by atoms with van der Waals surface area (Å²) in [7, 11) is 2.13. The minimum atomic E-state index is -0.572. The maximum absolute atomic E-state index is 13.4. The van der Waals surface area contributed by atoms with Crippen molar-refractivity contribution in [2.45, 2.75) is 18.4 Å². The van der Waals surface area contributed by atoms with Gasteiger partial charge < -0.3 is 25.6 Å². The van der Waals surface area contributed by atoms with Crippen molar-refractivity contribution in [3.63, 3.8) is 0 Å². The number of ether oxygens (including phenoxy) is 1. The number of hydrogen-bond acceptors (Lipinski definition) is 8. The van der Waals surface area contributed by atoms with E-state index in [0.717, 1.165) is 68.2 Å². The Labute approximate surface area is 184 Å². The third kappa shape index (κ3) is 3.73. The third-order valence-corrected chi connectivity index (χ3v) is 6.20. The molecule has 168 valence electrons. The summed E-state index contributed by atoms with van der Waals surface area (Å²) in [6.45, 7) is 4.26. The molecule has 0 saturated carbocycles. The van der Waals surface area contributed by atoms with Crippen molar-refractivity contribution in [1.82, 2.24) is 24.5 Å². The Hall–Kier alpha value is -3.31. The Balaban J connectivity index is 1.36. The van der Waals surface area contributed by atoms with Crippen LogP contribution in [0.5, 0.6) is 0 Å². The molecule has 0 aliphatic carbocycles. The number of morpholine rings is 1. The highest BCUT2D eigenvalue weighted by atomic mass is 19.1. The van der Waals surface area contributed by atoms with Crippen LogP contribution in [0.25, 0.3) is 5.65 Å². The van der Waals surface area contributed by atoms with Crippen LogP contribution in [0, 0.1) is 5.82 Å². The van der Waals surface area contributed by atoms with E-state index in [4.69, 9.17) is 10.5 Å². The molecule has 1 amide bonds. The first-order chi connectivity index (χ1) is 15.4. The van der Waals surface area contributed by atoms with Gasteiger partial charge in [-0.05, 0) is 26.0 Å². The molecular weight excluding hydrogens is 415 g/mol. The largest absolute Gasteiger partial charge is 0.381 e. The molecule has 0 unspecified atom stereocenters. The van der Waals surface area contributed by atoms with E-state index in [1.165, 1.54) is 0 Å². The zero-order valence-corrected chi connectivity index (χ0v) is 17.8. The molecule has 2 saturated heterocycles. The number of anilines is 3. The van der Waals surface area contributed by atoms with Gasteiger partial charge in [0.05, 0.1) is 42.2 Å². The fourth-order valence-corrected chi connectivity index (χ4v) is 4.58. The molecule has 5 rings (SSSR count). The second kappa shape index (κ2) is 7.99. The maximum atomic E-state index is 13.4. The van der Waals surface area contributed by atoms with Gasteiger partial charge in [0.25, 0.3) is 5.91 Å². The van der Waals surface area contributed by atoms with Crippen LogP contribution in [0.4, 0.5) is 21.6 Å². The predicted octanol–water partition coefficient (Wildman–Crippen LogP) is 1.40. The van der Waals surface area contributed by atoms with Crippen LogP contribution in [-0.2, 0) is 4.74 Å². The van der Waals surface area contributed by atoms with Crippen molar-refractivity contribution in [2.24, 2.45) is 0 Å². The number of carbonyl (C=O) groups is 1. The van der Waals surface area contributed by atoms with Gasteiger partial charge in [0.1, 0.15) is 5.56 Å². The molecule has 32 heavy (non-hydrogen) atoms. The topological polar surface area (TPSA) is 114 Å². The summed E-state index contributed by atoms with van der Waals surface area (Å²) in [6, 6.07) is 1.88. The number of amides is 1. The van der Waals surface area contributed by atoms with Crippen molar-refractivity contribution in [2.75, 3.05) is 55.8 Å². The van der Waals surface area contributed by atoms with Gasteiger partial charge in [-0.15, -0.1) is 5.10 Å². The second-order valence-corrected chi connectivity index (χ2v) is 8.40. The van der Waals surface area contributed by atoms with Crippen molar-refractivity contribution in [1.29, 1.82) is 0 Å². The number of nitrogens with zero attached hydrogens (tertiary/aromatic N) is 6. The molecule has 10 nitrogen and oxygen atoms in total. The monoisotopic (exact) mass is 440 g/mol. The average Bonchev–Trinajstić information content (AvgIpc) is 3.09. The number of pyridine rings is 1. The Morgan fingerprint density at radius 3 is 2.88 bits per heavy atom. The lowest BCUT2D eigenvalue weighted by Crippen LogP contribution is -2.56. The smallest absolute Gasteiger partial charge is 0.263 e. The van der Waals surface area contributed by atoms with Crippen LogP contribution < -0.4 is 16.0 Å². The molecule has 3 aromatic rings. The molecule has 5 heterocycles. The Bertz CT molecular complexity index is 1160. The van der Waals surface area contributed by atoms with E-state index in [2.05, 4.69) is 37.2 Å². The van der Waals surface area contributed by atoms with Gasteiger partial charge in [-0.3, -0.25) is 9.78 Å². The Morgan fingerprint density at radius 1 is 1.28 bits per heavy atom. The van der Waals surface area contributed by atoms with E-state index >= 15 is 0 Å². The first-order valence-corrected chi connectivity index (χ1v) is 10.6. The molecule has 0 aromatic carbocycles. The highest BCUT2D eigenvalue weighted by Crippen LogP contribution is 2.34. The van der Waals surface area contributed by atoms with Crippen molar-refractivity contribution in [3.8, 4) is 0 Å². The number of piperidine rings is 1. The van der Waals surface area contributed by atoms with Gasteiger partial charge in [-0.25, -0.2) is 13.9 Å². The van der Waals surface area contributed by atoms with Crippen LogP contribution in [0.1, 0.15) is 23.2 Å². The molecule has 0 atom stereocenters. The summed E-state index contributed by atoms with van der Waals surface area (Å²) >= 11 is 0. The zero-order chi connectivity index (χ0) is 22.3. The number of hydrogen-bond donors (Lipinski definition) is 2. The van der Waals surface area contributed by atoms with Crippen LogP contribution in [0.3, 0.4) is 0 Å². The van der Waals surface area contributed by atoms with Crippen molar-refractivity contribution >= 4 is 28.7 Å². The number of likely N-dealkylation sites (N-methyl/N-ethyl adjacent to an activating group) is 1. The van der Waals surface area contributed by atoms with Crippen molar-refractivity contribution < 1.29 is 13.9 Å². The molecule has 2 fully saturated rings. The number of fused-ring (bicyclic) bond motifs is 1. The molecule has 3 N–H and O–H groups in total. The van der Waals surface area contributed by atoms with Crippen molar-refractivity contribution in [3.05, 3.63) is 42.2 Å². The highest BCUT2D eigenvalue weighted by molar-refractivity contribution is 6.12. The summed E-state index contributed by atoms with van der Waals surface area (Å²) in [4.78, 5) is 25.8. The maximum Gasteiger partial charge on any atom is 0.263 e. The quantitative estimate of drug-likeness (QED) is 0.628. The zero-order valence-electron chi connectivity index (χ0n) is 17.8. The van der Waals surface area contributed by atoms with E-state index in [1.807, 2.05) is 6.07 Å². The molecule has 0 bridgehead atoms. The number of nitrogen functional groups attached to an aromatic ring is 1. The van der Waals surface area contributed by atoms with E-state index in [9.17, 15) is 9.18 Å². The number of nitrogens with two attached hydrogens (primary N) is 1. The average molecular weight is 440 g/mol. The fraction of sp³-hybridized carbons (Fsp3) is 0.429. The fourth-order valence-electron chi connectivity index (χ4n) is 4.58. The number of aromatic nitrogens is 4. The summed E-state index contributed by atoms with van der Waals surface area (Å²) in [5.74, 6) is -1.07. The number of carbonyl (C=O) groups excluding carboxylic acids is 1. The molecule has 11 heteroatoms. The predicted molar refractivity (Wildman–Crippen MR) is 117 cm³/mol. The lowest BCUT2D eigenvalue weighted by Gasteiger charge is -2.47. The highest BCUT2D eigenvalue weighted by Gasteiger charge is 2.39. The normalized spacial score (nSPS) is 18.9. The van der Waals surface area contributed by atoms with Gasteiger partial charge in [-0.2, -0.15) is 0 Å². The lowest BCUT2D eigenvalue weighted by atomic mass is 9.89. The van der Waals surface area contributed by atoms with Crippen LogP contribution in [0.15, 0.2) is 30.9 Å². The Kier molecular flexibility index (Phi) is 5.14. The number of halogens is 1. The van der Waals surface area contributed by atoms with Crippen LogP contribution in [-0.4, -0.2) is 75.8 Å². The molecule has 1 spiro atoms. The molecule has 3 aromatic heterocycles. The third-order valence-electron chi connectivity index (χ3n) is 6.20. The van der Waals surface area contributed by atoms with E-state index in [-0.39, 0.29) is 22.6 Å². The molecule has 2 aliphatic rings. The minimum absolute atomic E-state index is 0.0236. The second-order valence-electron chi connectivity index (χ2n) is 8.40.